The molecule has 0 saturated carbocycles. The Labute approximate surface area is 179 Å². The molecule has 3 rings (SSSR count). The molecule has 154 valence electrons. The SMILES string of the molecule is COc1cc(/C=C2\C(=O)NC(=O)N(c3ccc(C(=O)O)cc3)C2=O)cc(Br)c1OC. The van der Waals surface area contributed by atoms with Crippen LogP contribution in [0.1, 0.15) is 15.9 Å². The van der Waals surface area contributed by atoms with E-state index < -0.39 is 23.8 Å². The Balaban J connectivity index is 2.02. The standard InChI is InChI=1S/C20H15BrN2O7/c1-29-15-9-10(8-14(21)16(15)30-2)7-13-17(24)22-20(28)23(18(13)25)12-5-3-11(4-6-12)19(26)27/h3-9H,1-2H3,(H,26,27)(H,22,24,28)/b13-7+. The number of aromatic carboxylic acids is 1. The highest BCUT2D eigenvalue weighted by atomic mass is 79.9. The summed E-state index contributed by atoms with van der Waals surface area (Å²) in [5, 5.41) is 11.1. The number of ether oxygens (including phenoxy) is 2. The molecular formula is C20H15BrN2O7. The molecule has 0 bridgehead atoms. The third kappa shape index (κ3) is 3.90. The van der Waals surface area contributed by atoms with E-state index >= 15 is 0 Å². The number of rotatable bonds is 5. The van der Waals surface area contributed by atoms with E-state index in [2.05, 4.69) is 21.2 Å². The van der Waals surface area contributed by atoms with Crippen molar-refractivity contribution < 1.29 is 33.8 Å². The van der Waals surface area contributed by atoms with Crippen molar-refractivity contribution >= 4 is 51.5 Å². The molecule has 2 aromatic rings. The van der Waals surface area contributed by atoms with E-state index in [-0.39, 0.29) is 16.8 Å². The molecule has 9 nitrogen and oxygen atoms in total. The van der Waals surface area contributed by atoms with Crippen LogP contribution in [0, 0.1) is 0 Å². The molecule has 1 fully saturated rings. The normalized spacial score (nSPS) is 15.2. The van der Waals surface area contributed by atoms with Gasteiger partial charge < -0.3 is 14.6 Å². The highest BCUT2D eigenvalue weighted by Gasteiger charge is 2.37. The lowest BCUT2D eigenvalue weighted by atomic mass is 10.1. The van der Waals surface area contributed by atoms with E-state index in [1.807, 2.05) is 0 Å². The predicted octanol–water partition coefficient (Wildman–Crippen LogP) is 2.83. The van der Waals surface area contributed by atoms with E-state index in [4.69, 9.17) is 14.6 Å². The number of carboxylic acids is 1. The summed E-state index contributed by atoms with van der Waals surface area (Å²) in [5.41, 5.74) is 0.282. The maximum Gasteiger partial charge on any atom is 0.335 e. The molecule has 4 amide bonds. The number of urea groups is 1. The fraction of sp³-hybridized carbons (Fsp3) is 0.100. The van der Waals surface area contributed by atoms with E-state index in [1.54, 1.807) is 12.1 Å². The molecule has 1 saturated heterocycles. The number of hydrogen-bond donors (Lipinski definition) is 2. The van der Waals surface area contributed by atoms with Gasteiger partial charge in [-0.05, 0) is 64.0 Å². The molecule has 0 unspecified atom stereocenters. The van der Waals surface area contributed by atoms with Crippen LogP contribution in [-0.2, 0) is 9.59 Å². The van der Waals surface area contributed by atoms with Crippen molar-refractivity contribution in [3.63, 3.8) is 0 Å². The zero-order valence-corrected chi connectivity index (χ0v) is 17.3. The number of carbonyl (C=O) groups excluding carboxylic acids is 3. The van der Waals surface area contributed by atoms with Crippen LogP contribution in [0.4, 0.5) is 10.5 Å². The number of nitrogens with zero attached hydrogens (tertiary/aromatic N) is 1. The van der Waals surface area contributed by atoms with Crippen LogP contribution in [-0.4, -0.2) is 43.1 Å². The van der Waals surface area contributed by atoms with Crippen molar-refractivity contribution in [2.24, 2.45) is 0 Å². The molecule has 2 N–H and O–H groups in total. The average Bonchev–Trinajstić information content (AvgIpc) is 2.70. The van der Waals surface area contributed by atoms with Crippen molar-refractivity contribution in [3.05, 3.63) is 57.6 Å². The van der Waals surface area contributed by atoms with Crippen LogP contribution in [0.5, 0.6) is 11.5 Å². The maximum atomic E-state index is 12.9. The molecule has 0 aliphatic carbocycles. The van der Waals surface area contributed by atoms with Gasteiger partial charge in [-0.15, -0.1) is 0 Å². The second kappa shape index (κ2) is 8.37. The lowest BCUT2D eigenvalue weighted by molar-refractivity contribution is -0.122. The Morgan fingerprint density at radius 3 is 2.33 bits per heavy atom. The second-order valence-corrected chi connectivity index (χ2v) is 6.90. The fourth-order valence-corrected chi connectivity index (χ4v) is 3.45. The summed E-state index contributed by atoms with van der Waals surface area (Å²) in [4.78, 5) is 49.3. The van der Waals surface area contributed by atoms with Gasteiger partial charge in [-0.3, -0.25) is 14.9 Å². The van der Waals surface area contributed by atoms with E-state index in [0.717, 1.165) is 4.90 Å². The minimum Gasteiger partial charge on any atom is -0.493 e. The number of benzene rings is 2. The summed E-state index contributed by atoms with van der Waals surface area (Å²) in [6.07, 6.45) is 1.31. The molecule has 1 aliphatic rings. The molecule has 0 atom stereocenters. The predicted molar refractivity (Wildman–Crippen MR) is 110 cm³/mol. The number of halogens is 1. The second-order valence-electron chi connectivity index (χ2n) is 6.05. The van der Waals surface area contributed by atoms with Crippen LogP contribution < -0.4 is 19.7 Å². The van der Waals surface area contributed by atoms with E-state index in [9.17, 15) is 19.2 Å². The van der Waals surface area contributed by atoms with Crippen molar-refractivity contribution in [2.75, 3.05) is 19.1 Å². The smallest absolute Gasteiger partial charge is 0.335 e. The summed E-state index contributed by atoms with van der Waals surface area (Å²) >= 11 is 3.34. The molecule has 30 heavy (non-hydrogen) atoms. The van der Waals surface area contributed by atoms with Gasteiger partial charge in [0.1, 0.15) is 5.57 Å². The number of barbiturate groups is 1. The van der Waals surface area contributed by atoms with Gasteiger partial charge in [0.15, 0.2) is 11.5 Å². The zero-order chi connectivity index (χ0) is 22.0. The zero-order valence-electron chi connectivity index (χ0n) is 15.8. The van der Waals surface area contributed by atoms with Crippen molar-refractivity contribution in [2.45, 2.75) is 0 Å². The number of nitrogens with one attached hydrogen (secondary N) is 1. The molecule has 0 aromatic heterocycles. The minimum atomic E-state index is -1.15. The van der Waals surface area contributed by atoms with Crippen molar-refractivity contribution in [1.29, 1.82) is 0 Å². The van der Waals surface area contributed by atoms with E-state index in [1.165, 1.54) is 44.6 Å². The van der Waals surface area contributed by atoms with Gasteiger partial charge in [0.05, 0.1) is 29.9 Å². The Morgan fingerprint density at radius 1 is 1.10 bits per heavy atom. The van der Waals surface area contributed by atoms with Gasteiger partial charge in [-0.1, -0.05) is 0 Å². The molecular weight excluding hydrogens is 460 g/mol. The minimum absolute atomic E-state index is 0.00867. The number of methoxy groups -OCH3 is 2. The van der Waals surface area contributed by atoms with Gasteiger partial charge >= 0.3 is 12.0 Å². The molecule has 10 heteroatoms. The monoisotopic (exact) mass is 474 g/mol. The number of anilines is 1. The molecule has 2 aromatic carbocycles. The number of imide groups is 2. The first kappa shape index (κ1) is 21.1. The van der Waals surface area contributed by atoms with Gasteiger partial charge in [0, 0.05) is 0 Å². The first-order valence-corrected chi connectivity index (χ1v) is 9.22. The van der Waals surface area contributed by atoms with Gasteiger partial charge in [-0.2, -0.15) is 0 Å². The van der Waals surface area contributed by atoms with Gasteiger partial charge in [-0.25, -0.2) is 14.5 Å². The van der Waals surface area contributed by atoms with Crippen LogP contribution in [0.2, 0.25) is 0 Å². The topological polar surface area (TPSA) is 122 Å². The van der Waals surface area contributed by atoms with Crippen LogP contribution in [0.25, 0.3) is 6.08 Å². The van der Waals surface area contributed by atoms with Crippen LogP contribution in [0.15, 0.2) is 46.4 Å². The molecule has 1 heterocycles. The summed E-state index contributed by atoms with van der Waals surface area (Å²) in [6, 6.07) is 7.38. The third-order valence-electron chi connectivity index (χ3n) is 4.24. The van der Waals surface area contributed by atoms with E-state index in [0.29, 0.717) is 21.5 Å². The first-order valence-electron chi connectivity index (χ1n) is 8.43. The van der Waals surface area contributed by atoms with Crippen molar-refractivity contribution in [1.82, 2.24) is 5.32 Å². The third-order valence-corrected chi connectivity index (χ3v) is 4.83. The van der Waals surface area contributed by atoms with Crippen LogP contribution >= 0.6 is 15.9 Å². The largest absolute Gasteiger partial charge is 0.493 e. The maximum absolute atomic E-state index is 12.9. The number of hydrogen-bond acceptors (Lipinski definition) is 6. The Hall–Kier alpha value is -3.66. The fourth-order valence-electron chi connectivity index (χ4n) is 2.83. The summed E-state index contributed by atoms with van der Waals surface area (Å²) < 4.78 is 11.0. The summed E-state index contributed by atoms with van der Waals surface area (Å²) in [7, 11) is 2.92. The Bertz CT molecular complexity index is 1090. The van der Waals surface area contributed by atoms with Gasteiger partial charge in [0.25, 0.3) is 11.8 Å². The average molecular weight is 475 g/mol. The van der Waals surface area contributed by atoms with Gasteiger partial charge in [0.2, 0.25) is 0 Å². The highest BCUT2D eigenvalue weighted by Crippen LogP contribution is 2.37. The number of carbonyl (C=O) groups is 4. The number of carboxylic acid groups (broad SMARTS) is 1. The molecule has 0 radical (unpaired) electrons. The first-order chi connectivity index (χ1) is 14.3. The summed E-state index contributed by atoms with van der Waals surface area (Å²) in [6.45, 7) is 0. The lowest BCUT2D eigenvalue weighted by Gasteiger charge is -2.26. The van der Waals surface area contributed by atoms with Crippen molar-refractivity contribution in [3.8, 4) is 11.5 Å². The Morgan fingerprint density at radius 2 is 1.77 bits per heavy atom. The lowest BCUT2D eigenvalue weighted by Crippen LogP contribution is -2.54. The highest BCUT2D eigenvalue weighted by molar-refractivity contribution is 9.10. The summed E-state index contributed by atoms with van der Waals surface area (Å²) in [5.74, 6) is -2.04. The quantitative estimate of drug-likeness (QED) is 0.504. The Kier molecular flexibility index (Phi) is 5.88. The number of amides is 4. The molecule has 1 aliphatic heterocycles. The molecule has 0 spiro atoms. The van der Waals surface area contributed by atoms with Crippen LogP contribution in [0.3, 0.4) is 0 Å².